The van der Waals surface area contributed by atoms with Crippen molar-refractivity contribution in [1.29, 1.82) is 0 Å². The summed E-state index contributed by atoms with van der Waals surface area (Å²) in [4.78, 5) is 8.57. The van der Waals surface area contributed by atoms with Crippen LogP contribution >= 0.6 is 0 Å². The zero-order valence-corrected chi connectivity index (χ0v) is 5.86. The molecule has 0 aromatic carbocycles. The summed E-state index contributed by atoms with van der Waals surface area (Å²) in [6, 6.07) is 0. The van der Waals surface area contributed by atoms with E-state index in [9.17, 15) is 0 Å². The van der Waals surface area contributed by atoms with Crippen LogP contribution < -0.4 is 0 Å². The highest BCUT2D eigenvalue weighted by Crippen LogP contribution is 2.15. The van der Waals surface area contributed by atoms with Gasteiger partial charge in [0.2, 0.25) is 0 Å². The molecule has 9 heavy (non-hydrogen) atoms. The topological polar surface area (TPSA) is 17.1 Å². The molecule has 0 radical (unpaired) electrons. The number of hydrogen-bond donors (Lipinski definition) is 0. The van der Waals surface area contributed by atoms with Gasteiger partial charge in [-0.3, -0.25) is 0 Å². The van der Waals surface area contributed by atoms with Crippen LogP contribution in [-0.2, 0) is 4.79 Å². The number of carbonyl (C=O) groups excluding carboxylic acids is 1. The van der Waals surface area contributed by atoms with Crippen molar-refractivity contribution in [1.82, 2.24) is 0 Å². The molecule has 0 amide bonds. The van der Waals surface area contributed by atoms with Crippen LogP contribution in [-0.4, -0.2) is 5.94 Å². The molecular formula is C8H14O. The van der Waals surface area contributed by atoms with Crippen molar-refractivity contribution in [3.8, 4) is 0 Å². The van der Waals surface area contributed by atoms with Crippen molar-refractivity contribution in [3.05, 3.63) is 6.58 Å². The van der Waals surface area contributed by atoms with E-state index in [1.807, 2.05) is 0 Å². The third-order valence-corrected chi connectivity index (χ3v) is 1.50. The Morgan fingerprint density at radius 2 is 1.00 bits per heavy atom. The summed E-state index contributed by atoms with van der Waals surface area (Å²) in [6.07, 6.45) is 9.00. The molecule has 0 aliphatic heterocycles. The van der Waals surface area contributed by atoms with E-state index in [-0.39, 0.29) is 0 Å². The van der Waals surface area contributed by atoms with Gasteiger partial charge in [0.1, 0.15) is 5.94 Å². The fourth-order valence-corrected chi connectivity index (χ4v) is 1.06. The molecule has 0 aromatic rings. The first-order valence-electron chi connectivity index (χ1n) is 3.56. The fraction of sp³-hybridized carbons (Fsp3) is 0.750. The molecule has 0 aromatic heterocycles. The zero-order valence-electron chi connectivity index (χ0n) is 5.86. The van der Waals surface area contributed by atoms with Crippen LogP contribution in [0.15, 0.2) is 6.58 Å². The largest absolute Gasteiger partial charge is 0.234 e. The van der Waals surface area contributed by atoms with E-state index in [4.69, 9.17) is 4.79 Å². The monoisotopic (exact) mass is 126 g/mol. The van der Waals surface area contributed by atoms with E-state index in [1.165, 1.54) is 44.5 Å². The Morgan fingerprint density at radius 1 is 0.889 bits per heavy atom. The predicted octanol–water partition coefficient (Wildman–Crippen LogP) is 2.34. The average Bonchev–Trinajstić information content (AvgIpc) is 1.93. The van der Waals surface area contributed by atoms with Crippen molar-refractivity contribution in [3.63, 3.8) is 0 Å². The van der Waals surface area contributed by atoms with Gasteiger partial charge in [-0.25, -0.2) is 4.79 Å². The van der Waals surface area contributed by atoms with Crippen LogP contribution in [0.5, 0.6) is 0 Å². The highest BCUT2D eigenvalue weighted by molar-refractivity contribution is 5.38. The molecule has 1 rings (SSSR count). The molecule has 0 heterocycles. The zero-order chi connectivity index (χ0) is 6.95. The quantitative estimate of drug-likeness (QED) is 0.455. The summed E-state index contributed by atoms with van der Waals surface area (Å²) < 4.78 is 0. The van der Waals surface area contributed by atoms with Crippen molar-refractivity contribution in [2.75, 3.05) is 0 Å². The van der Waals surface area contributed by atoms with E-state index < -0.39 is 0 Å². The van der Waals surface area contributed by atoms with E-state index in [0.29, 0.717) is 0 Å². The summed E-state index contributed by atoms with van der Waals surface area (Å²) in [5.74, 6) is 1.25. The molecule has 52 valence electrons. The summed E-state index contributed by atoms with van der Waals surface area (Å²) in [5.41, 5.74) is 0. The standard InChI is InChI=1S/C6H12.C2H2O/c1-2-4-6-5-3-1;1-2-3/h1-6H2;1H2. The van der Waals surface area contributed by atoms with E-state index in [1.54, 1.807) is 0 Å². The van der Waals surface area contributed by atoms with Crippen LogP contribution in [0.1, 0.15) is 38.5 Å². The van der Waals surface area contributed by atoms with Gasteiger partial charge in [-0.05, 0) is 6.58 Å². The lowest BCUT2D eigenvalue weighted by atomic mass is 10.0. The van der Waals surface area contributed by atoms with Gasteiger partial charge in [-0.15, -0.1) is 0 Å². The molecule has 0 spiro atoms. The van der Waals surface area contributed by atoms with Crippen molar-refractivity contribution in [2.24, 2.45) is 0 Å². The second kappa shape index (κ2) is 7.45. The van der Waals surface area contributed by atoms with Crippen molar-refractivity contribution < 1.29 is 4.79 Å². The van der Waals surface area contributed by atoms with Crippen molar-refractivity contribution in [2.45, 2.75) is 38.5 Å². The molecule has 0 N–H and O–H groups in total. The Balaban J connectivity index is 0.000000187. The van der Waals surface area contributed by atoms with Crippen LogP contribution in [0.4, 0.5) is 0 Å². The first kappa shape index (κ1) is 8.45. The molecule has 0 bridgehead atoms. The van der Waals surface area contributed by atoms with E-state index >= 15 is 0 Å². The van der Waals surface area contributed by atoms with Crippen LogP contribution in [0.2, 0.25) is 0 Å². The molecule has 1 nitrogen and oxygen atoms in total. The Kier molecular flexibility index (Phi) is 6.99. The van der Waals surface area contributed by atoms with E-state index in [2.05, 4.69) is 6.58 Å². The van der Waals surface area contributed by atoms with Crippen LogP contribution in [0, 0.1) is 0 Å². The van der Waals surface area contributed by atoms with Gasteiger partial charge >= 0.3 is 0 Å². The Morgan fingerprint density at radius 3 is 1.11 bits per heavy atom. The molecule has 0 atom stereocenters. The van der Waals surface area contributed by atoms with Crippen LogP contribution in [0.25, 0.3) is 0 Å². The third kappa shape index (κ3) is 7.45. The van der Waals surface area contributed by atoms with Gasteiger partial charge in [0.25, 0.3) is 0 Å². The minimum absolute atomic E-state index is 1.25. The first-order valence-corrected chi connectivity index (χ1v) is 3.56. The summed E-state index contributed by atoms with van der Waals surface area (Å²) in [7, 11) is 0. The Labute approximate surface area is 56.8 Å². The summed E-state index contributed by atoms with van der Waals surface area (Å²) >= 11 is 0. The minimum atomic E-state index is 1.25. The van der Waals surface area contributed by atoms with Gasteiger partial charge in [-0.1, -0.05) is 38.5 Å². The number of hydrogen-bond acceptors (Lipinski definition) is 1. The van der Waals surface area contributed by atoms with Gasteiger partial charge in [0, 0.05) is 0 Å². The predicted molar refractivity (Wildman–Crippen MR) is 39.0 cm³/mol. The smallest absolute Gasteiger partial charge is 0.116 e. The Hall–Kier alpha value is -0.550. The lowest BCUT2D eigenvalue weighted by molar-refractivity contribution is 0.504. The maximum atomic E-state index is 8.57. The maximum Gasteiger partial charge on any atom is 0.116 e. The fourth-order valence-electron chi connectivity index (χ4n) is 1.06. The highest BCUT2D eigenvalue weighted by Gasteiger charge is 1.95. The molecule has 1 fully saturated rings. The summed E-state index contributed by atoms with van der Waals surface area (Å²) in [6.45, 7) is 2.68. The molecular weight excluding hydrogens is 112 g/mol. The summed E-state index contributed by atoms with van der Waals surface area (Å²) in [5, 5.41) is 0. The second-order valence-corrected chi connectivity index (χ2v) is 2.27. The molecule has 0 unspecified atom stereocenters. The van der Waals surface area contributed by atoms with Gasteiger partial charge in [-0.2, -0.15) is 0 Å². The lowest BCUT2D eigenvalue weighted by Gasteiger charge is -2.05. The second-order valence-electron chi connectivity index (χ2n) is 2.27. The third-order valence-electron chi connectivity index (χ3n) is 1.50. The van der Waals surface area contributed by atoms with Gasteiger partial charge < -0.3 is 0 Å². The van der Waals surface area contributed by atoms with E-state index in [0.717, 1.165) is 0 Å². The maximum absolute atomic E-state index is 8.57. The first-order chi connectivity index (χ1) is 4.41. The average molecular weight is 126 g/mol. The van der Waals surface area contributed by atoms with Gasteiger partial charge in [0.05, 0.1) is 0 Å². The SMILES string of the molecule is C1CCCCC1.C=C=O. The minimum Gasteiger partial charge on any atom is -0.234 e. The van der Waals surface area contributed by atoms with Crippen LogP contribution in [0.3, 0.4) is 0 Å². The molecule has 1 aliphatic rings. The molecule has 0 saturated heterocycles. The highest BCUT2D eigenvalue weighted by atomic mass is 16.1. The Bertz CT molecular complexity index is 65.1. The lowest BCUT2D eigenvalue weighted by Crippen LogP contribution is -1.85. The molecule has 1 saturated carbocycles. The number of rotatable bonds is 0. The normalized spacial score (nSPS) is 16.9. The molecule has 1 heteroatoms. The molecule has 1 aliphatic carbocycles. The van der Waals surface area contributed by atoms with Crippen molar-refractivity contribution >= 4 is 5.94 Å². The van der Waals surface area contributed by atoms with Gasteiger partial charge in [0.15, 0.2) is 0 Å².